The van der Waals surface area contributed by atoms with E-state index in [4.69, 9.17) is 0 Å². The summed E-state index contributed by atoms with van der Waals surface area (Å²) in [6.07, 6.45) is -0.226. The van der Waals surface area contributed by atoms with Crippen molar-refractivity contribution >= 4 is 9.84 Å². The van der Waals surface area contributed by atoms with Crippen LogP contribution < -0.4 is 0 Å². The van der Waals surface area contributed by atoms with Crippen molar-refractivity contribution in [2.45, 2.75) is 37.4 Å². The zero-order valence-electron chi connectivity index (χ0n) is 11.6. The highest BCUT2D eigenvalue weighted by Crippen LogP contribution is 2.32. The Hall–Kier alpha value is -1.17. The quantitative estimate of drug-likeness (QED) is 0.872. The minimum Gasteiger partial charge on any atom is -0.390 e. The summed E-state index contributed by atoms with van der Waals surface area (Å²) in [5.74, 6) is -0.162. The lowest BCUT2D eigenvalue weighted by Crippen LogP contribution is -2.34. The molecular formula is C15H20O4S. The van der Waals surface area contributed by atoms with Crippen LogP contribution in [-0.4, -0.2) is 30.8 Å². The fraction of sp³-hybridized carbons (Fsp3) is 0.467. The van der Waals surface area contributed by atoms with Crippen LogP contribution in [0.25, 0.3) is 0 Å². The molecule has 0 saturated heterocycles. The van der Waals surface area contributed by atoms with Crippen molar-refractivity contribution < 1.29 is 18.6 Å². The molecule has 20 heavy (non-hydrogen) atoms. The topological polar surface area (TPSA) is 74.6 Å². The van der Waals surface area contributed by atoms with E-state index in [1.165, 1.54) is 12.1 Å². The van der Waals surface area contributed by atoms with Crippen molar-refractivity contribution in [1.82, 2.24) is 0 Å². The SMILES string of the molecule is C[C@@H]1C[C@@H](C)C=C(S(=O)(=O)c2ccccc2)[C@@H](O)[C@H]1O. The number of hydrogen-bond acceptors (Lipinski definition) is 4. The van der Waals surface area contributed by atoms with Crippen LogP contribution in [0.5, 0.6) is 0 Å². The van der Waals surface area contributed by atoms with E-state index < -0.39 is 22.0 Å². The number of rotatable bonds is 2. The molecule has 1 aliphatic carbocycles. The van der Waals surface area contributed by atoms with E-state index >= 15 is 0 Å². The molecule has 0 bridgehead atoms. The van der Waals surface area contributed by atoms with E-state index in [-0.39, 0.29) is 21.6 Å². The van der Waals surface area contributed by atoms with Crippen LogP contribution in [-0.2, 0) is 9.84 Å². The molecule has 2 N–H and O–H groups in total. The lowest BCUT2D eigenvalue weighted by atomic mass is 9.94. The minimum atomic E-state index is -3.77. The Bertz CT molecular complexity index is 592. The highest BCUT2D eigenvalue weighted by Gasteiger charge is 2.36. The third-order valence-electron chi connectivity index (χ3n) is 3.75. The smallest absolute Gasteiger partial charge is 0.205 e. The van der Waals surface area contributed by atoms with Crippen LogP contribution in [0.15, 0.2) is 46.2 Å². The van der Waals surface area contributed by atoms with E-state index in [0.717, 1.165) is 0 Å². The molecule has 0 aliphatic heterocycles. The average Bonchev–Trinajstić information content (AvgIpc) is 2.52. The lowest BCUT2D eigenvalue weighted by Gasteiger charge is -2.23. The summed E-state index contributed by atoms with van der Waals surface area (Å²) in [7, 11) is -3.77. The molecule has 110 valence electrons. The third-order valence-corrected chi connectivity index (χ3v) is 5.65. The molecular weight excluding hydrogens is 276 g/mol. The zero-order valence-corrected chi connectivity index (χ0v) is 12.4. The Morgan fingerprint density at radius 2 is 1.70 bits per heavy atom. The molecule has 1 aliphatic rings. The van der Waals surface area contributed by atoms with Gasteiger partial charge in [0.05, 0.1) is 15.9 Å². The van der Waals surface area contributed by atoms with E-state index in [0.29, 0.717) is 6.42 Å². The Kier molecular flexibility index (Phi) is 4.32. The molecule has 0 aromatic heterocycles. The fourth-order valence-corrected chi connectivity index (χ4v) is 4.29. The molecule has 0 heterocycles. The highest BCUT2D eigenvalue weighted by molar-refractivity contribution is 7.95. The second kappa shape index (κ2) is 5.68. The van der Waals surface area contributed by atoms with E-state index in [1.54, 1.807) is 24.3 Å². The van der Waals surface area contributed by atoms with Crippen molar-refractivity contribution in [3.8, 4) is 0 Å². The number of sulfone groups is 1. The van der Waals surface area contributed by atoms with E-state index in [1.807, 2.05) is 13.8 Å². The van der Waals surface area contributed by atoms with Crippen LogP contribution >= 0.6 is 0 Å². The summed E-state index contributed by atoms with van der Waals surface area (Å²) in [6, 6.07) is 8.00. The van der Waals surface area contributed by atoms with Gasteiger partial charge < -0.3 is 10.2 Å². The predicted octanol–water partition coefficient (Wildman–Crippen LogP) is 1.74. The molecule has 0 saturated carbocycles. The number of allylic oxidation sites excluding steroid dienone is 1. The first-order chi connectivity index (χ1) is 9.34. The van der Waals surface area contributed by atoms with Crippen molar-refractivity contribution in [3.63, 3.8) is 0 Å². The second-order valence-electron chi connectivity index (χ2n) is 5.51. The van der Waals surface area contributed by atoms with E-state index in [2.05, 4.69) is 0 Å². The van der Waals surface area contributed by atoms with Gasteiger partial charge in [-0.25, -0.2) is 8.42 Å². The molecule has 1 aromatic carbocycles. The van der Waals surface area contributed by atoms with E-state index in [9.17, 15) is 18.6 Å². The number of hydrogen-bond donors (Lipinski definition) is 2. The van der Waals surface area contributed by atoms with Gasteiger partial charge in [0, 0.05) is 0 Å². The molecule has 2 rings (SSSR count). The van der Waals surface area contributed by atoms with Gasteiger partial charge >= 0.3 is 0 Å². The van der Waals surface area contributed by atoms with Gasteiger partial charge in [-0.05, 0) is 30.4 Å². The van der Waals surface area contributed by atoms with Crippen LogP contribution in [0.2, 0.25) is 0 Å². The first-order valence-electron chi connectivity index (χ1n) is 6.72. The molecule has 1 aromatic rings. The largest absolute Gasteiger partial charge is 0.390 e. The monoisotopic (exact) mass is 296 g/mol. The van der Waals surface area contributed by atoms with Gasteiger partial charge in [-0.1, -0.05) is 38.1 Å². The van der Waals surface area contributed by atoms with Crippen molar-refractivity contribution in [1.29, 1.82) is 0 Å². The number of aliphatic hydroxyl groups excluding tert-OH is 2. The molecule has 0 spiro atoms. The number of aliphatic hydroxyl groups is 2. The lowest BCUT2D eigenvalue weighted by molar-refractivity contribution is 0.00981. The standard InChI is InChI=1S/C15H20O4S/c1-10-8-11(2)14(16)15(17)13(9-10)20(18,19)12-6-4-3-5-7-12/h3-7,9-11,14-17H,8H2,1-2H3/t10-,11-,14+,15-/m1/s1. The summed E-state index contributed by atoms with van der Waals surface area (Å²) in [5, 5.41) is 20.3. The van der Waals surface area contributed by atoms with Crippen molar-refractivity contribution in [2.75, 3.05) is 0 Å². The molecule has 4 atom stereocenters. The third kappa shape index (κ3) is 2.80. The van der Waals surface area contributed by atoms with Gasteiger partial charge in [-0.2, -0.15) is 0 Å². The van der Waals surface area contributed by atoms with Crippen molar-refractivity contribution in [2.24, 2.45) is 11.8 Å². The summed E-state index contributed by atoms with van der Waals surface area (Å²) in [6.45, 7) is 3.71. The van der Waals surface area contributed by atoms with Crippen LogP contribution in [0.4, 0.5) is 0 Å². The molecule has 0 fully saturated rings. The minimum absolute atomic E-state index is 0.00899. The van der Waals surface area contributed by atoms with Gasteiger partial charge in [-0.3, -0.25) is 0 Å². The molecule has 5 heteroatoms. The Labute approximate surface area is 119 Å². The maximum absolute atomic E-state index is 12.6. The Morgan fingerprint density at radius 3 is 2.30 bits per heavy atom. The van der Waals surface area contributed by atoms with Gasteiger partial charge in [0.25, 0.3) is 0 Å². The average molecular weight is 296 g/mol. The number of benzene rings is 1. The van der Waals surface area contributed by atoms with Gasteiger partial charge in [0.15, 0.2) is 0 Å². The molecule has 0 amide bonds. The van der Waals surface area contributed by atoms with Gasteiger partial charge in [0.1, 0.15) is 6.10 Å². The Balaban J connectivity index is 2.49. The molecule has 0 unspecified atom stereocenters. The van der Waals surface area contributed by atoms with Gasteiger partial charge in [0.2, 0.25) is 9.84 Å². The van der Waals surface area contributed by atoms with Gasteiger partial charge in [-0.15, -0.1) is 0 Å². The van der Waals surface area contributed by atoms with Crippen molar-refractivity contribution in [3.05, 3.63) is 41.3 Å². The maximum atomic E-state index is 12.6. The summed E-state index contributed by atoms with van der Waals surface area (Å²) >= 11 is 0. The summed E-state index contributed by atoms with van der Waals surface area (Å²) in [5.41, 5.74) is 0. The first-order valence-corrected chi connectivity index (χ1v) is 8.20. The summed E-state index contributed by atoms with van der Waals surface area (Å²) < 4.78 is 25.2. The zero-order chi connectivity index (χ0) is 14.9. The Morgan fingerprint density at radius 1 is 1.10 bits per heavy atom. The van der Waals surface area contributed by atoms with Crippen LogP contribution in [0.1, 0.15) is 20.3 Å². The fourth-order valence-electron chi connectivity index (χ4n) is 2.64. The summed E-state index contributed by atoms with van der Waals surface area (Å²) in [4.78, 5) is 0.0484. The van der Waals surface area contributed by atoms with Crippen LogP contribution in [0, 0.1) is 11.8 Å². The predicted molar refractivity (Wildman–Crippen MR) is 76.7 cm³/mol. The maximum Gasteiger partial charge on any atom is 0.205 e. The normalized spacial score (nSPS) is 31.5. The first kappa shape index (κ1) is 15.2. The highest BCUT2D eigenvalue weighted by atomic mass is 32.2. The van der Waals surface area contributed by atoms with Crippen LogP contribution in [0.3, 0.4) is 0 Å². The molecule has 0 radical (unpaired) electrons. The molecule has 4 nitrogen and oxygen atoms in total. The second-order valence-corrected chi connectivity index (χ2v) is 7.46.